The zero-order valence-electron chi connectivity index (χ0n) is 12.0. The molecule has 18 heavy (non-hydrogen) atoms. The van der Waals surface area contributed by atoms with Crippen molar-refractivity contribution in [1.82, 2.24) is 0 Å². The van der Waals surface area contributed by atoms with E-state index >= 15 is 0 Å². The highest BCUT2D eigenvalue weighted by Crippen LogP contribution is 2.36. The fraction of sp³-hybridized carbons (Fsp3) is 0.938. The van der Waals surface area contributed by atoms with E-state index in [-0.39, 0.29) is 5.92 Å². The van der Waals surface area contributed by atoms with Crippen LogP contribution in [0.15, 0.2) is 0 Å². The van der Waals surface area contributed by atoms with Gasteiger partial charge in [-0.3, -0.25) is 4.79 Å². The zero-order chi connectivity index (χ0) is 13.2. The van der Waals surface area contributed by atoms with E-state index in [1.165, 1.54) is 57.8 Å². The molecule has 1 atom stereocenters. The highest BCUT2D eigenvalue weighted by molar-refractivity contribution is 5.69. The van der Waals surface area contributed by atoms with Crippen molar-refractivity contribution in [2.24, 2.45) is 11.8 Å². The van der Waals surface area contributed by atoms with Crippen LogP contribution in [0.2, 0.25) is 0 Å². The molecule has 2 heteroatoms. The molecule has 1 aliphatic rings. The van der Waals surface area contributed by atoms with Gasteiger partial charge in [-0.25, -0.2) is 0 Å². The average Bonchev–Trinajstić information content (AvgIpc) is 3.14. The second-order valence-corrected chi connectivity index (χ2v) is 5.98. The van der Waals surface area contributed by atoms with Crippen LogP contribution in [0.3, 0.4) is 0 Å². The lowest BCUT2D eigenvalue weighted by molar-refractivity contribution is -0.142. The van der Waals surface area contributed by atoms with Gasteiger partial charge in [-0.15, -0.1) is 0 Å². The molecule has 0 saturated heterocycles. The van der Waals surface area contributed by atoms with Crippen molar-refractivity contribution in [1.29, 1.82) is 0 Å². The third-order valence-corrected chi connectivity index (χ3v) is 4.07. The van der Waals surface area contributed by atoms with E-state index in [4.69, 9.17) is 5.11 Å². The van der Waals surface area contributed by atoms with E-state index in [1.54, 1.807) is 0 Å². The van der Waals surface area contributed by atoms with Crippen LogP contribution in [-0.2, 0) is 4.79 Å². The lowest BCUT2D eigenvalue weighted by Crippen LogP contribution is -2.14. The van der Waals surface area contributed by atoms with Crippen LogP contribution in [0.25, 0.3) is 0 Å². The summed E-state index contributed by atoms with van der Waals surface area (Å²) in [6.07, 6.45) is 14.7. The van der Waals surface area contributed by atoms with Crippen LogP contribution >= 0.6 is 0 Å². The van der Waals surface area contributed by atoms with Crippen LogP contribution in [0.5, 0.6) is 0 Å². The summed E-state index contributed by atoms with van der Waals surface area (Å²) in [5.74, 6) is 0.114. The number of rotatable bonds is 12. The third kappa shape index (κ3) is 7.73. The largest absolute Gasteiger partial charge is 0.481 e. The first-order chi connectivity index (χ1) is 8.74. The smallest absolute Gasteiger partial charge is 0.306 e. The molecule has 1 rings (SSSR count). The van der Waals surface area contributed by atoms with Crippen molar-refractivity contribution >= 4 is 5.97 Å². The fourth-order valence-electron chi connectivity index (χ4n) is 2.62. The summed E-state index contributed by atoms with van der Waals surface area (Å²) < 4.78 is 0. The molecule has 0 amide bonds. The van der Waals surface area contributed by atoms with Gasteiger partial charge in [0.1, 0.15) is 0 Å². The Morgan fingerprint density at radius 1 is 1.06 bits per heavy atom. The first-order valence-corrected chi connectivity index (χ1v) is 7.96. The summed E-state index contributed by atoms with van der Waals surface area (Å²) in [5.41, 5.74) is 0. The maximum atomic E-state index is 11.1. The Bertz CT molecular complexity index is 221. The fourth-order valence-corrected chi connectivity index (χ4v) is 2.62. The molecule has 1 aliphatic carbocycles. The van der Waals surface area contributed by atoms with Gasteiger partial charge in [0.05, 0.1) is 5.92 Å². The van der Waals surface area contributed by atoms with E-state index in [9.17, 15) is 4.79 Å². The van der Waals surface area contributed by atoms with E-state index in [2.05, 4.69) is 6.92 Å². The van der Waals surface area contributed by atoms with Gasteiger partial charge in [0, 0.05) is 0 Å². The molecule has 0 aliphatic heterocycles. The Morgan fingerprint density at radius 2 is 1.61 bits per heavy atom. The normalized spacial score (nSPS) is 16.7. The zero-order valence-corrected chi connectivity index (χ0v) is 12.0. The minimum atomic E-state index is -0.565. The topological polar surface area (TPSA) is 37.3 Å². The first-order valence-electron chi connectivity index (χ1n) is 7.96. The molecular formula is C16H30O2. The van der Waals surface area contributed by atoms with Crippen LogP contribution < -0.4 is 0 Å². The van der Waals surface area contributed by atoms with Gasteiger partial charge < -0.3 is 5.11 Å². The number of hydrogen-bond donors (Lipinski definition) is 1. The number of aliphatic carboxylic acids is 1. The maximum absolute atomic E-state index is 11.1. The Morgan fingerprint density at radius 3 is 2.11 bits per heavy atom. The van der Waals surface area contributed by atoms with E-state index in [0.29, 0.717) is 0 Å². The Labute approximate surface area is 112 Å². The highest BCUT2D eigenvalue weighted by Gasteiger charge is 2.28. The molecule has 1 unspecified atom stereocenters. The van der Waals surface area contributed by atoms with Crippen molar-refractivity contribution in [2.75, 3.05) is 0 Å². The van der Waals surface area contributed by atoms with E-state index < -0.39 is 5.97 Å². The van der Waals surface area contributed by atoms with Gasteiger partial charge in [-0.1, -0.05) is 71.1 Å². The van der Waals surface area contributed by atoms with Crippen LogP contribution in [-0.4, -0.2) is 11.1 Å². The molecule has 0 spiro atoms. The molecule has 1 saturated carbocycles. The quantitative estimate of drug-likeness (QED) is 0.497. The average molecular weight is 254 g/mol. The lowest BCUT2D eigenvalue weighted by atomic mass is 9.95. The highest BCUT2D eigenvalue weighted by atomic mass is 16.4. The molecule has 0 aromatic rings. The minimum Gasteiger partial charge on any atom is -0.481 e. The van der Waals surface area contributed by atoms with Crippen molar-refractivity contribution in [3.8, 4) is 0 Å². The summed E-state index contributed by atoms with van der Waals surface area (Å²) in [6.45, 7) is 2.24. The molecule has 1 N–H and O–H groups in total. The summed E-state index contributed by atoms with van der Waals surface area (Å²) in [6, 6.07) is 0. The molecule has 1 fully saturated rings. The molecule has 0 aromatic heterocycles. The SMILES string of the molecule is CCCCCCCCCCC(CC1CC1)C(=O)O. The van der Waals surface area contributed by atoms with E-state index in [0.717, 1.165) is 25.2 Å². The van der Waals surface area contributed by atoms with Gasteiger partial charge >= 0.3 is 5.97 Å². The number of unbranched alkanes of at least 4 members (excludes halogenated alkanes) is 7. The van der Waals surface area contributed by atoms with Crippen LogP contribution in [0, 0.1) is 11.8 Å². The number of hydrogen-bond acceptors (Lipinski definition) is 1. The lowest BCUT2D eigenvalue weighted by Gasteiger charge is -2.11. The molecule has 0 heterocycles. The maximum Gasteiger partial charge on any atom is 0.306 e. The molecule has 0 radical (unpaired) electrons. The number of carboxylic acids is 1. The monoisotopic (exact) mass is 254 g/mol. The van der Waals surface area contributed by atoms with E-state index in [1.807, 2.05) is 0 Å². The minimum absolute atomic E-state index is 0.0578. The van der Waals surface area contributed by atoms with Crippen LogP contribution in [0.1, 0.15) is 84.0 Å². The van der Waals surface area contributed by atoms with Gasteiger partial charge in [0.15, 0.2) is 0 Å². The van der Waals surface area contributed by atoms with Gasteiger partial charge in [0.2, 0.25) is 0 Å². The molecule has 0 aromatic carbocycles. The Kier molecular flexibility index (Phi) is 8.11. The predicted octanol–water partition coefficient (Wildman–Crippen LogP) is 5.02. The van der Waals surface area contributed by atoms with Gasteiger partial charge in [0.25, 0.3) is 0 Å². The van der Waals surface area contributed by atoms with Crippen molar-refractivity contribution in [3.05, 3.63) is 0 Å². The molecule has 2 nitrogen and oxygen atoms in total. The summed E-state index contributed by atoms with van der Waals surface area (Å²) in [7, 11) is 0. The number of carboxylic acid groups (broad SMARTS) is 1. The molecular weight excluding hydrogens is 224 g/mol. The van der Waals surface area contributed by atoms with Crippen molar-refractivity contribution in [3.63, 3.8) is 0 Å². The third-order valence-electron chi connectivity index (χ3n) is 4.07. The van der Waals surface area contributed by atoms with Crippen LogP contribution in [0.4, 0.5) is 0 Å². The summed E-state index contributed by atoms with van der Waals surface area (Å²) in [5, 5.41) is 9.15. The molecule has 106 valence electrons. The number of carbonyl (C=O) groups is 1. The summed E-state index contributed by atoms with van der Waals surface area (Å²) >= 11 is 0. The second-order valence-electron chi connectivity index (χ2n) is 5.98. The standard InChI is InChI=1S/C16H30O2/c1-2-3-4-5-6-7-8-9-10-15(16(17)18)13-14-11-12-14/h14-15H,2-13H2,1H3,(H,17,18). The first kappa shape index (κ1) is 15.5. The Hall–Kier alpha value is -0.530. The van der Waals surface area contributed by atoms with Crippen molar-refractivity contribution < 1.29 is 9.90 Å². The van der Waals surface area contributed by atoms with Gasteiger partial charge in [-0.05, 0) is 18.8 Å². The Balaban J connectivity index is 1.92. The van der Waals surface area contributed by atoms with Crippen molar-refractivity contribution in [2.45, 2.75) is 84.0 Å². The predicted molar refractivity (Wildman–Crippen MR) is 75.7 cm³/mol. The summed E-state index contributed by atoms with van der Waals surface area (Å²) in [4.78, 5) is 11.1. The molecule has 0 bridgehead atoms. The van der Waals surface area contributed by atoms with Gasteiger partial charge in [-0.2, -0.15) is 0 Å². The second kappa shape index (κ2) is 9.41.